The molecule has 1 aliphatic heterocycles. The third-order valence-corrected chi connectivity index (χ3v) is 4.31. The maximum Gasteiger partial charge on any atom is 0.236 e. The molecule has 1 aliphatic rings. The Kier molecular flexibility index (Phi) is 3.61. The first-order valence-electron chi connectivity index (χ1n) is 5.57. The lowest BCUT2D eigenvalue weighted by atomic mass is 10.2. The van der Waals surface area contributed by atoms with Crippen LogP contribution in [0.4, 0.5) is 0 Å². The van der Waals surface area contributed by atoms with Gasteiger partial charge in [0.05, 0.1) is 0 Å². The van der Waals surface area contributed by atoms with Crippen LogP contribution in [-0.4, -0.2) is 31.9 Å². The minimum atomic E-state index is -3.32. The Morgan fingerprint density at radius 3 is 2.59 bits per heavy atom. The van der Waals surface area contributed by atoms with Gasteiger partial charge in [-0.25, -0.2) is 8.42 Å². The molecule has 17 heavy (non-hydrogen) atoms. The number of hydrogen-bond acceptors (Lipinski definition) is 3. The van der Waals surface area contributed by atoms with Crippen molar-refractivity contribution in [2.24, 2.45) is 5.73 Å². The van der Waals surface area contributed by atoms with Crippen LogP contribution in [-0.2, 0) is 10.0 Å². The number of sulfonamides is 1. The normalized spacial score (nSPS) is 22.3. The van der Waals surface area contributed by atoms with E-state index < -0.39 is 10.0 Å². The van der Waals surface area contributed by atoms with Crippen molar-refractivity contribution in [3.8, 4) is 0 Å². The predicted molar refractivity (Wildman–Crippen MR) is 68.6 cm³/mol. The van der Waals surface area contributed by atoms with Crippen molar-refractivity contribution in [3.63, 3.8) is 0 Å². The van der Waals surface area contributed by atoms with E-state index in [1.807, 2.05) is 30.3 Å². The Morgan fingerprint density at radius 1 is 1.29 bits per heavy atom. The van der Waals surface area contributed by atoms with Gasteiger partial charge in [0.15, 0.2) is 0 Å². The highest BCUT2D eigenvalue weighted by Gasteiger charge is 2.27. The second-order valence-electron chi connectivity index (χ2n) is 4.17. The van der Waals surface area contributed by atoms with E-state index >= 15 is 0 Å². The van der Waals surface area contributed by atoms with Crippen LogP contribution >= 0.6 is 0 Å². The lowest BCUT2D eigenvalue weighted by molar-refractivity contribution is 0.481. The third-order valence-electron chi connectivity index (χ3n) is 2.78. The van der Waals surface area contributed by atoms with Crippen molar-refractivity contribution in [1.82, 2.24) is 4.31 Å². The molecule has 0 aromatic heterocycles. The highest BCUT2D eigenvalue weighted by atomic mass is 32.2. The predicted octanol–water partition coefficient (Wildman–Crippen LogP) is 1.02. The van der Waals surface area contributed by atoms with E-state index in [2.05, 4.69) is 0 Å². The highest BCUT2D eigenvalue weighted by molar-refractivity contribution is 7.92. The summed E-state index contributed by atoms with van der Waals surface area (Å²) < 4.78 is 25.3. The largest absolute Gasteiger partial charge is 0.326 e. The molecule has 0 unspecified atom stereocenters. The van der Waals surface area contributed by atoms with E-state index in [0.717, 1.165) is 12.0 Å². The van der Waals surface area contributed by atoms with Crippen LogP contribution in [0.3, 0.4) is 0 Å². The van der Waals surface area contributed by atoms with Gasteiger partial charge in [-0.1, -0.05) is 30.3 Å². The van der Waals surface area contributed by atoms with E-state index in [-0.39, 0.29) is 6.04 Å². The van der Waals surface area contributed by atoms with Gasteiger partial charge >= 0.3 is 0 Å². The van der Waals surface area contributed by atoms with Crippen LogP contribution in [0.2, 0.25) is 0 Å². The summed E-state index contributed by atoms with van der Waals surface area (Å²) in [6.07, 6.45) is 2.34. The number of rotatable bonds is 3. The van der Waals surface area contributed by atoms with Crippen molar-refractivity contribution >= 4 is 16.1 Å². The minimum Gasteiger partial charge on any atom is -0.326 e. The Hall–Kier alpha value is -1.17. The maximum atomic E-state index is 11.9. The van der Waals surface area contributed by atoms with Crippen molar-refractivity contribution in [3.05, 3.63) is 41.3 Å². The second-order valence-corrected chi connectivity index (χ2v) is 5.98. The van der Waals surface area contributed by atoms with Gasteiger partial charge in [-0.3, -0.25) is 0 Å². The summed E-state index contributed by atoms with van der Waals surface area (Å²) in [5.74, 6) is 0. The fourth-order valence-electron chi connectivity index (χ4n) is 1.80. The molecule has 1 fully saturated rings. The first kappa shape index (κ1) is 12.3. The van der Waals surface area contributed by atoms with Crippen molar-refractivity contribution < 1.29 is 8.42 Å². The van der Waals surface area contributed by atoms with Crippen LogP contribution in [0.5, 0.6) is 0 Å². The average Bonchev–Trinajstić information content (AvgIpc) is 2.76. The van der Waals surface area contributed by atoms with Crippen LogP contribution in [0.15, 0.2) is 35.7 Å². The summed E-state index contributed by atoms with van der Waals surface area (Å²) in [5, 5.41) is 1.25. The van der Waals surface area contributed by atoms with E-state index in [4.69, 9.17) is 5.73 Å². The van der Waals surface area contributed by atoms with Gasteiger partial charge in [-0.05, 0) is 18.1 Å². The Morgan fingerprint density at radius 2 is 2.00 bits per heavy atom. The van der Waals surface area contributed by atoms with E-state index in [1.165, 1.54) is 9.71 Å². The highest BCUT2D eigenvalue weighted by Crippen LogP contribution is 2.14. The standard InChI is InChI=1S/C12H16N2O2S/c13-12-6-8-14(10-12)17(15,16)9-7-11-4-2-1-3-5-11/h1-5,7,9,12H,6,8,10,13H2/b9-7+/t12-/m0/s1. The fourth-order valence-corrected chi connectivity index (χ4v) is 3.06. The molecule has 1 aromatic carbocycles. The van der Waals surface area contributed by atoms with Gasteiger partial charge in [0.25, 0.3) is 0 Å². The molecule has 1 saturated heterocycles. The zero-order chi connectivity index (χ0) is 12.3. The molecule has 4 nitrogen and oxygen atoms in total. The molecule has 1 heterocycles. The summed E-state index contributed by atoms with van der Waals surface area (Å²) >= 11 is 0. The Balaban J connectivity index is 2.10. The molecule has 1 atom stereocenters. The fraction of sp³-hybridized carbons (Fsp3) is 0.333. The van der Waals surface area contributed by atoms with Gasteiger partial charge in [-0.15, -0.1) is 0 Å². The van der Waals surface area contributed by atoms with Crippen molar-refractivity contribution in [2.45, 2.75) is 12.5 Å². The first-order valence-corrected chi connectivity index (χ1v) is 7.07. The molecular formula is C12H16N2O2S. The number of nitrogens with two attached hydrogens (primary N) is 1. The molecule has 0 bridgehead atoms. The summed E-state index contributed by atoms with van der Waals surface area (Å²) in [7, 11) is -3.32. The van der Waals surface area contributed by atoms with Gasteiger partial charge in [0.2, 0.25) is 10.0 Å². The molecule has 5 heteroatoms. The quantitative estimate of drug-likeness (QED) is 0.873. The minimum absolute atomic E-state index is 0.0325. The van der Waals surface area contributed by atoms with Gasteiger partial charge < -0.3 is 5.73 Å². The molecule has 92 valence electrons. The Bertz CT molecular complexity index is 496. The van der Waals surface area contributed by atoms with Crippen molar-refractivity contribution in [2.75, 3.05) is 13.1 Å². The van der Waals surface area contributed by atoms with Gasteiger partial charge in [0, 0.05) is 24.5 Å². The SMILES string of the molecule is N[C@H]1CCN(S(=O)(=O)/C=C/c2ccccc2)C1. The summed E-state index contributed by atoms with van der Waals surface area (Å²) in [4.78, 5) is 0. The van der Waals surface area contributed by atoms with Crippen LogP contribution in [0.25, 0.3) is 6.08 Å². The van der Waals surface area contributed by atoms with Crippen LogP contribution in [0.1, 0.15) is 12.0 Å². The number of nitrogens with zero attached hydrogens (tertiary/aromatic N) is 1. The molecular weight excluding hydrogens is 236 g/mol. The van der Waals surface area contributed by atoms with E-state index in [0.29, 0.717) is 13.1 Å². The molecule has 0 saturated carbocycles. The molecule has 2 N–H and O–H groups in total. The lowest BCUT2D eigenvalue weighted by Crippen LogP contribution is -2.30. The molecule has 1 aromatic rings. The lowest BCUT2D eigenvalue weighted by Gasteiger charge is -2.12. The van der Waals surface area contributed by atoms with Crippen LogP contribution in [0, 0.1) is 0 Å². The summed E-state index contributed by atoms with van der Waals surface area (Å²) in [6.45, 7) is 0.935. The monoisotopic (exact) mass is 252 g/mol. The molecule has 0 spiro atoms. The molecule has 0 amide bonds. The van der Waals surface area contributed by atoms with Crippen LogP contribution < -0.4 is 5.73 Å². The molecule has 0 aliphatic carbocycles. The van der Waals surface area contributed by atoms with Gasteiger partial charge in [0.1, 0.15) is 0 Å². The molecule has 2 rings (SSSR count). The van der Waals surface area contributed by atoms with Crippen molar-refractivity contribution in [1.29, 1.82) is 0 Å². The average molecular weight is 252 g/mol. The van der Waals surface area contributed by atoms with E-state index in [1.54, 1.807) is 6.08 Å². The number of benzene rings is 1. The Labute approximate surface area is 102 Å². The van der Waals surface area contributed by atoms with E-state index in [9.17, 15) is 8.42 Å². The summed E-state index contributed by atoms with van der Waals surface area (Å²) in [5.41, 5.74) is 6.57. The smallest absolute Gasteiger partial charge is 0.236 e. The third kappa shape index (κ3) is 3.15. The van der Waals surface area contributed by atoms with Gasteiger partial charge in [-0.2, -0.15) is 4.31 Å². The molecule has 0 radical (unpaired) electrons. The second kappa shape index (κ2) is 5.00. The number of hydrogen-bond donors (Lipinski definition) is 1. The topological polar surface area (TPSA) is 63.4 Å². The summed E-state index contributed by atoms with van der Waals surface area (Å²) in [6, 6.07) is 9.33. The maximum absolute atomic E-state index is 11.9. The zero-order valence-corrected chi connectivity index (χ0v) is 10.3. The zero-order valence-electron chi connectivity index (χ0n) is 9.49. The first-order chi connectivity index (χ1) is 8.08.